The third kappa shape index (κ3) is 4.56. The second-order valence-electron chi connectivity index (χ2n) is 5.37. The molecule has 0 aliphatic heterocycles. The average Bonchev–Trinajstić information content (AvgIpc) is 2.97. The highest BCUT2D eigenvalue weighted by Crippen LogP contribution is 2.20. The van der Waals surface area contributed by atoms with Crippen LogP contribution in [0.1, 0.15) is 21.9 Å². The standard InChI is InChI=1S/C16H17N3O6/c1-10-3-5-12(25-10)8-18(2)15(20)9-24-16(21)13-7-11(19(22)23)4-6-14(13)17/h3-7H,8-9,17H2,1-2H3. The largest absolute Gasteiger partial charge is 0.464 e. The van der Waals surface area contributed by atoms with E-state index >= 15 is 0 Å². The molecule has 1 amide bonds. The smallest absolute Gasteiger partial charge is 0.341 e. The Morgan fingerprint density at radius 1 is 1.32 bits per heavy atom. The summed E-state index contributed by atoms with van der Waals surface area (Å²) in [6.07, 6.45) is 0. The van der Waals surface area contributed by atoms with E-state index in [1.54, 1.807) is 19.1 Å². The number of carbonyl (C=O) groups is 2. The molecule has 0 unspecified atom stereocenters. The van der Waals surface area contributed by atoms with Gasteiger partial charge in [-0.15, -0.1) is 0 Å². The Morgan fingerprint density at radius 2 is 2.04 bits per heavy atom. The first kappa shape index (κ1) is 18.0. The molecule has 132 valence electrons. The average molecular weight is 347 g/mol. The van der Waals surface area contributed by atoms with Crippen LogP contribution in [0.25, 0.3) is 0 Å². The van der Waals surface area contributed by atoms with Crippen LogP contribution < -0.4 is 5.73 Å². The van der Waals surface area contributed by atoms with Gasteiger partial charge in [0, 0.05) is 24.9 Å². The zero-order valence-corrected chi connectivity index (χ0v) is 13.7. The molecule has 0 saturated heterocycles. The van der Waals surface area contributed by atoms with E-state index in [1.807, 2.05) is 0 Å². The van der Waals surface area contributed by atoms with Gasteiger partial charge in [-0.1, -0.05) is 0 Å². The summed E-state index contributed by atoms with van der Waals surface area (Å²) in [7, 11) is 1.54. The maximum Gasteiger partial charge on any atom is 0.341 e. The molecule has 9 heteroatoms. The Balaban J connectivity index is 1.96. The van der Waals surface area contributed by atoms with E-state index in [-0.39, 0.29) is 23.5 Å². The number of esters is 1. The lowest BCUT2D eigenvalue weighted by molar-refractivity contribution is -0.384. The number of nitrogen functional groups attached to an aromatic ring is 1. The summed E-state index contributed by atoms with van der Waals surface area (Å²) >= 11 is 0. The molecule has 0 saturated carbocycles. The maximum absolute atomic E-state index is 12.0. The van der Waals surface area contributed by atoms with Gasteiger partial charge in [-0.2, -0.15) is 0 Å². The number of hydrogen-bond donors (Lipinski definition) is 1. The molecule has 0 radical (unpaired) electrons. The molecule has 0 atom stereocenters. The van der Waals surface area contributed by atoms with Crippen LogP contribution in [-0.2, 0) is 16.1 Å². The molecule has 0 aliphatic carbocycles. The van der Waals surface area contributed by atoms with Crippen LogP contribution in [0, 0.1) is 17.0 Å². The van der Waals surface area contributed by atoms with Gasteiger partial charge in [-0.05, 0) is 25.1 Å². The molecule has 1 aromatic heterocycles. The van der Waals surface area contributed by atoms with Gasteiger partial charge in [0.15, 0.2) is 6.61 Å². The summed E-state index contributed by atoms with van der Waals surface area (Å²) in [5.74, 6) is -0.0331. The molecule has 2 N–H and O–H groups in total. The second-order valence-corrected chi connectivity index (χ2v) is 5.37. The van der Waals surface area contributed by atoms with Crippen LogP contribution in [-0.4, -0.2) is 35.4 Å². The minimum absolute atomic E-state index is 0.0301. The number of nitro groups is 1. The van der Waals surface area contributed by atoms with Crippen molar-refractivity contribution >= 4 is 23.3 Å². The number of likely N-dealkylation sites (N-methyl/N-ethyl adjacent to an activating group) is 1. The van der Waals surface area contributed by atoms with Gasteiger partial charge in [0.25, 0.3) is 11.6 Å². The lowest BCUT2D eigenvalue weighted by Gasteiger charge is -2.15. The molecule has 0 spiro atoms. The van der Waals surface area contributed by atoms with Crippen molar-refractivity contribution in [3.05, 3.63) is 57.5 Å². The van der Waals surface area contributed by atoms with Crippen molar-refractivity contribution in [3.8, 4) is 0 Å². The molecule has 0 fully saturated rings. The number of nitrogens with zero attached hydrogens (tertiary/aromatic N) is 2. The fourth-order valence-electron chi connectivity index (χ4n) is 2.04. The quantitative estimate of drug-likeness (QED) is 0.365. The monoisotopic (exact) mass is 347 g/mol. The molecule has 0 aliphatic rings. The van der Waals surface area contributed by atoms with Crippen molar-refractivity contribution in [3.63, 3.8) is 0 Å². The number of non-ortho nitro benzene ring substituents is 1. The van der Waals surface area contributed by atoms with Gasteiger partial charge >= 0.3 is 5.97 Å². The van der Waals surface area contributed by atoms with Crippen LogP contribution in [0.15, 0.2) is 34.7 Å². The van der Waals surface area contributed by atoms with Crippen molar-refractivity contribution < 1.29 is 23.7 Å². The van der Waals surface area contributed by atoms with Crippen LogP contribution in [0.3, 0.4) is 0 Å². The summed E-state index contributed by atoms with van der Waals surface area (Å²) < 4.78 is 10.3. The van der Waals surface area contributed by atoms with Crippen molar-refractivity contribution in [2.24, 2.45) is 0 Å². The Morgan fingerprint density at radius 3 is 2.64 bits per heavy atom. The number of aryl methyl sites for hydroxylation is 1. The molecular formula is C16H17N3O6. The summed E-state index contributed by atoms with van der Waals surface area (Å²) in [5.41, 5.74) is 5.21. The fraction of sp³-hybridized carbons (Fsp3) is 0.250. The van der Waals surface area contributed by atoms with Crippen LogP contribution in [0.4, 0.5) is 11.4 Å². The van der Waals surface area contributed by atoms with E-state index in [1.165, 1.54) is 24.1 Å². The minimum atomic E-state index is -0.906. The summed E-state index contributed by atoms with van der Waals surface area (Å²) in [6, 6.07) is 6.95. The van der Waals surface area contributed by atoms with Crippen molar-refractivity contribution in [1.29, 1.82) is 0 Å². The summed E-state index contributed by atoms with van der Waals surface area (Å²) in [5, 5.41) is 10.8. The first-order chi connectivity index (χ1) is 11.8. The lowest BCUT2D eigenvalue weighted by Crippen LogP contribution is -2.30. The lowest BCUT2D eigenvalue weighted by atomic mass is 10.1. The first-order valence-electron chi connectivity index (χ1n) is 7.28. The van der Waals surface area contributed by atoms with Crippen molar-refractivity contribution in [2.45, 2.75) is 13.5 Å². The molecule has 1 heterocycles. The third-order valence-electron chi connectivity index (χ3n) is 3.41. The van der Waals surface area contributed by atoms with Crippen molar-refractivity contribution in [2.75, 3.05) is 19.4 Å². The second kappa shape index (κ2) is 7.47. The number of ether oxygens (including phenoxy) is 1. The maximum atomic E-state index is 12.0. The first-order valence-corrected chi connectivity index (χ1v) is 7.28. The normalized spacial score (nSPS) is 10.3. The SMILES string of the molecule is Cc1ccc(CN(C)C(=O)COC(=O)c2cc([N+](=O)[O-])ccc2N)o1. The predicted molar refractivity (Wildman–Crippen MR) is 87.7 cm³/mol. The van der Waals surface area contributed by atoms with Gasteiger partial charge in [0.2, 0.25) is 0 Å². The summed E-state index contributed by atoms with van der Waals surface area (Å²) in [6.45, 7) is 1.50. The molecular weight excluding hydrogens is 330 g/mol. The van der Waals surface area contributed by atoms with E-state index in [0.717, 1.165) is 11.8 Å². The predicted octanol–water partition coefficient (Wildman–Crippen LogP) is 1.89. The highest BCUT2D eigenvalue weighted by atomic mass is 16.6. The minimum Gasteiger partial charge on any atom is -0.464 e. The molecule has 9 nitrogen and oxygen atoms in total. The Hall–Kier alpha value is -3.36. The van der Waals surface area contributed by atoms with Crippen molar-refractivity contribution in [1.82, 2.24) is 4.90 Å². The van der Waals surface area contributed by atoms with Gasteiger partial charge < -0.3 is 19.8 Å². The van der Waals surface area contributed by atoms with E-state index in [0.29, 0.717) is 5.76 Å². The number of furan rings is 1. The van der Waals surface area contributed by atoms with E-state index in [9.17, 15) is 19.7 Å². The van der Waals surface area contributed by atoms with E-state index in [2.05, 4.69) is 0 Å². The van der Waals surface area contributed by atoms with Gasteiger partial charge in [0.05, 0.1) is 17.0 Å². The van der Waals surface area contributed by atoms with Gasteiger partial charge in [-0.25, -0.2) is 4.79 Å². The number of carbonyl (C=O) groups excluding carboxylic acids is 2. The number of nitro benzene ring substituents is 1. The zero-order chi connectivity index (χ0) is 18.6. The number of benzene rings is 1. The molecule has 1 aromatic carbocycles. The van der Waals surface area contributed by atoms with Crippen LogP contribution >= 0.6 is 0 Å². The number of anilines is 1. The van der Waals surface area contributed by atoms with Crippen LogP contribution in [0.5, 0.6) is 0 Å². The highest BCUT2D eigenvalue weighted by Gasteiger charge is 2.19. The summed E-state index contributed by atoms with van der Waals surface area (Å²) in [4.78, 5) is 35.5. The van der Waals surface area contributed by atoms with E-state index < -0.39 is 23.4 Å². The highest BCUT2D eigenvalue weighted by molar-refractivity contribution is 5.96. The zero-order valence-electron chi connectivity index (χ0n) is 13.7. The van der Waals surface area contributed by atoms with E-state index in [4.69, 9.17) is 14.9 Å². The number of rotatable bonds is 6. The van der Waals surface area contributed by atoms with Gasteiger partial charge in [0.1, 0.15) is 11.5 Å². The number of nitrogens with two attached hydrogens (primary N) is 1. The molecule has 25 heavy (non-hydrogen) atoms. The molecule has 2 aromatic rings. The third-order valence-corrected chi connectivity index (χ3v) is 3.41. The van der Waals surface area contributed by atoms with Crippen LogP contribution in [0.2, 0.25) is 0 Å². The Labute approximate surface area is 143 Å². The number of amides is 1. The Bertz CT molecular complexity index is 814. The van der Waals surface area contributed by atoms with Gasteiger partial charge in [-0.3, -0.25) is 14.9 Å². The molecule has 0 bridgehead atoms. The topological polar surface area (TPSA) is 129 Å². The Kier molecular flexibility index (Phi) is 5.38. The fourth-order valence-corrected chi connectivity index (χ4v) is 2.04. The number of hydrogen-bond acceptors (Lipinski definition) is 7. The molecule has 2 rings (SSSR count).